The van der Waals surface area contributed by atoms with Crippen molar-refractivity contribution in [2.75, 3.05) is 11.4 Å². The van der Waals surface area contributed by atoms with Crippen molar-refractivity contribution in [1.82, 2.24) is 0 Å². The molecule has 2 aromatic rings. The monoisotopic (exact) mass is 333 g/mol. The first-order valence-corrected chi connectivity index (χ1v) is 9.61. The number of benzene rings is 2. The summed E-state index contributed by atoms with van der Waals surface area (Å²) in [5, 5.41) is 0. The average Bonchev–Trinajstić information content (AvgIpc) is 3.50. The molecule has 0 saturated heterocycles. The van der Waals surface area contributed by atoms with E-state index in [0.29, 0.717) is 5.92 Å². The summed E-state index contributed by atoms with van der Waals surface area (Å²) in [7, 11) is 0. The molecule has 0 unspecified atom stereocenters. The molecule has 2 aliphatic rings. The van der Waals surface area contributed by atoms with Crippen molar-refractivity contribution in [2.24, 2.45) is 5.92 Å². The lowest BCUT2D eigenvalue weighted by atomic mass is 10.0. The second-order valence-electron chi connectivity index (χ2n) is 8.12. The van der Waals surface area contributed by atoms with Crippen LogP contribution < -0.4 is 4.90 Å². The van der Waals surface area contributed by atoms with E-state index >= 15 is 0 Å². The molecule has 0 aromatic heterocycles. The van der Waals surface area contributed by atoms with E-state index in [1.807, 2.05) is 12.1 Å². The lowest BCUT2D eigenvalue weighted by Gasteiger charge is -2.28. The molecule has 2 aliphatic carbocycles. The van der Waals surface area contributed by atoms with Crippen molar-refractivity contribution >= 4 is 17.7 Å². The quantitative estimate of drug-likeness (QED) is 0.575. The molecule has 0 atom stereocenters. The van der Waals surface area contributed by atoms with Gasteiger partial charge in [0.2, 0.25) is 0 Å². The van der Waals surface area contributed by atoms with E-state index in [9.17, 15) is 4.79 Å². The maximum atomic E-state index is 11.0. The zero-order valence-corrected chi connectivity index (χ0v) is 15.2. The van der Waals surface area contributed by atoms with E-state index in [2.05, 4.69) is 49.1 Å². The van der Waals surface area contributed by atoms with Crippen molar-refractivity contribution in [3.8, 4) is 0 Å². The predicted octanol–water partition coefficient (Wildman–Crippen LogP) is 6.05. The third-order valence-corrected chi connectivity index (χ3v) is 5.26. The Kier molecular flexibility index (Phi) is 4.37. The Bertz CT molecular complexity index is 724. The molecule has 2 heteroatoms. The van der Waals surface area contributed by atoms with Gasteiger partial charge in [0.15, 0.2) is 0 Å². The minimum atomic E-state index is 0.569. The van der Waals surface area contributed by atoms with Gasteiger partial charge in [0.1, 0.15) is 6.29 Å². The number of nitrogens with zero attached hydrogens (tertiary/aromatic N) is 1. The summed E-state index contributed by atoms with van der Waals surface area (Å²) in [5.74, 6) is 2.12. The highest BCUT2D eigenvalue weighted by molar-refractivity contribution is 5.76. The zero-order valence-electron chi connectivity index (χ0n) is 15.2. The van der Waals surface area contributed by atoms with E-state index in [4.69, 9.17) is 0 Å². The summed E-state index contributed by atoms with van der Waals surface area (Å²) < 4.78 is 0. The first-order valence-electron chi connectivity index (χ1n) is 9.61. The van der Waals surface area contributed by atoms with Crippen LogP contribution in [0.1, 0.15) is 72.9 Å². The fourth-order valence-electron chi connectivity index (χ4n) is 3.58. The number of hydrogen-bond acceptors (Lipinski definition) is 2. The summed E-state index contributed by atoms with van der Waals surface area (Å²) in [5.41, 5.74) is 6.28. The molecule has 130 valence electrons. The molecule has 0 aliphatic heterocycles. The topological polar surface area (TPSA) is 20.3 Å². The van der Waals surface area contributed by atoms with Crippen molar-refractivity contribution < 1.29 is 4.79 Å². The first-order chi connectivity index (χ1) is 12.1. The minimum Gasteiger partial charge on any atom is -0.341 e. The van der Waals surface area contributed by atoms with Crippen molar-refractivity contribution in [3.05, 3.63) is 59.2 Å². The summed E-state index contributed by atoms with van der Waals surface area (Å²) >= 11 is 0. The summed E-state index contributed by atoms with van der Waals surface area (Å²) in [6.45, 7) is 5.51. The molecule has 0 heterocycles. The molecule has 0 spiro atoms. The molecule has 0 radical (unpaired) electrons. The van der Waals surface area contributed by atoms with Crippen LogP contribution in [0.15, 0.2) is 42.5 Å². The molecule has 0 amide bonds. The lowest BCUT2D eigenvalue weighted by molar-refractivity contribution is 0.112. The Morgan fingerprint density at radius 2 is 1.48 bits per heavy atom. The first kappa shape index (κ1) is 16.4. The van der Waals surface area contributed by atoms with Gasteiger partial charge in [-0.2, -0.15) is 0 Å². The number of carbonyl (C=O) groups is 1. The van der Waals surface area contributed by atoms with Crippen LogP contribution in [-0.2, 0) is 0 Å². The Morgan fingerprint density at radius 3 is 1.92 bits per heavy atom. The van der Waals surface area contributed by atoms with Gasteiger partial charge in [-0.3, -0.25) is 4.79 Å². The fraction of sp³-hybridized carbons (Fsp3) is 0.435. The maximum absolute atomic E-state index is 11.0. The van der Waals surface area contributed by atoms with Crippen LogP contribution in [0.2, 0.25) is 0 Å². The number of anilines is 2. The summed E-state index contributed by atoms with van der Waals surface area (Å²) in [6.07, 6.45) is 6.27. The van der Waals surface area contributed by atoms with E-state index in [0.717, 1.165) is 30.2 Å². The SMILES string of the molecule is CC(C)CN(c1ccc(C=O)cc1)c1cc(C2CC2)cc(C2CC2)c1. The molecular formula is C23H27NO. The molecule has 4 rings (SSSR count). The highest BCUT2D eigenvalue weighted by Gasteiger charge is 2.29. The second kappa shape index (κ2) is 6.67. The van der Waals surface area contributed by atoms with Crippen LogP contribution in [0.25, 0.3) is 0 Å². The van der Waals surface area contributed by atoms with Gasteiger partial charge in [0, 0.05) is 23.5 Å². The van der Waals surface area contributed by atoms with E-state index in [1.54, 1.807) is 0 Å². The molecule has 2 saturated carbocycles. The van der Waals surface area contributed by atoms with Gasteiger partial charge in [-0.25, -0.2) is 0 Å². The van der Waals surface area contributed by atoms with Crippen molar-refractivity contribution in [2.45, 2.75) is 51.4 Å². The van der Waals surface area contributed by atoms with Gasteiger partial charge < -0.3 is 4.90 Å². The van der Waals surface area contributed by atoms with Crippen LogP contribution >= 0.6 is 0 Å². The van der Waals surface area contributed by atoms with Crippen molar-refractivity contribution in [1.29, 1.82) is 0 Å². The van der Waals surface area contributed by atoms with Gasteiger partial charge in [-0.05, 0) is 91.0 Å². The third kappa shape index (κ3) is 3.78. The summed E-state index contributed by atoms with van der Waals surface area (Å²) in [6, 6.07) is 15.3. The van der Waals surface area contributed by atoms with Crippen LogP contribution in [0.3, 0.4) is 0 Å². The number of rotatable bonds is 7. The Hall–Kier alpha value is -2.09. The zero-order chi connectivity index (χ0) is 17.4. The average molecular weight is 333 g/mol. The Morgan fingerprint density at radius 1 is 0.920 bits per heavy atom. The lowest BCUT2D eigenvalue weighted by Crippen LogP contribution is -2.22. The Labute approximate surface area is 150 Å². The van der Waals surface area contributed by atoms with E-state index in [1.165, 1.54) is 48.2 Å². The second-order valence-corrected chi connectivity index (χ2v) is 8.12. The van der Waals surface area contributed by atoms with Gasteiger partial charge >= 0.3 is 0 Å². The van der Waals surface area contributed by atoms with Crippen molar-refractivity contribution in [3.63, 3.8) is 0 Å². The third-order valence-electron chi connectivity index (χ3n) is 5.26. The normalized spacial score (nSPS) is 16.9. The molecule has 2 aromatic carbocycles. The number of hydrogen-bond donors (Lipinski definition) is 0. The molecule has 0 N–H and O–H groups in total. The van der Waals surface area contributed by atoms with Gasteiger partial charge in [0.05, 0.1) is 0 Å². The van der Waals surface area contributed by atoms with Crippen LogP contribution in [0.4, 0.5) is 11.4 Å². The van der Waals surface area contributed by atoms with E-state index < -0.39 is 0 Å². The standard InChI is InChI=1S/C23H27NO/c1-16(2)14-24(22-9-3-17(15-25)4-10-22)23-12-20(18-5-6-18)11-21(13-23)19-7-8-19/h3-4,9-13,15-16,18-19H,5-8,14H2,1-2H3. The van der Waals surface area contributed by atoms with Gasteiger partial charge in [-0.15, -0.1) is 0 Å². The van der Waals surface area contributed by atoms with Gasteiger partial charge in [0.25, 0.3) is 0 Å². The molecule has 0 bridgehead atoms. The Balaban J connectivity index is 1.73. The number of aldehydes is 1. The minimum absolute atomic E-state index is 0.569. The maximum Gasteiger partial charge on any atom is 0.150 e. The molecule has 25 heavy (non-hydrogen) atoms. The predicted molar refractivity (Wildman–Crippen MR) is 104 cm³/mol. The highest BCUT2D eigenvalue weighted by Crippen LogP contribution is 2.47. The van der Waals surface area contributed by atoms with Crippen LogP contribution in [-0.4, -0.2) is 12.8 Å². The van der Waals surface area contributed by atoms with Crippen LogP contribution in [0.5, 0.6) is 0 Å². The largest absolute Gasteiger partial charge is 0.341 e. The summed E-state index contributed by atoms with van der Waals surface area (Å²) in [4.78, 5) is 13.4. The van der Waals surface area contributed by atoms with Gasteiger partial charge in [-0.1, -0.05) is 19.9 Å². The highest BCUT2D eigenvalue weighted by atomic mass is 16.1. The number of carbonyl (C=O) groups excluding carboxylic acids is 1. The fourth-order valence-corrected chi connectivity index (χ4v) is 3.58. The molecule has 2 nitrogen and oxygen atoms in total. The van der Waals surface area contributed by atoms with Crippen LogP contribution in [0, 0.1) is 5.92 Å². The molecular weight excluding hydrogens is 306 g/mol. The molecule has 2 fully saturated rings. The smallest absolute Gasteiger partial charge is 0.150 e. The van der Waals surface area contributed by atoms with E-state index in [-0.39, 0.29) is 0 Å².